The maximum Gasteiger partial charge on any atom is 0.432 e. The summed E-state index contributed by atoms with van der Waals surface area (Å²) < 4.78 is 115. The van der Waals surface area contributed by atoms with Gasteiger partial charge in [0.15, 0.2) is 0 Å². The highest BCUT2D eigenvalue weighted by atomic mass is 19.4. The number of methoxy groups -OCH3 is 2. The number of alkyl halides is 6. The molecule has 292 valence electrons. The van der Waals surface area contributed by atoms with E-state index in [1.165, 1.54) is 49.4 Å². The topological polar surface area (TPSA) is 80.3 Å². The molecule has 13 heteroatoms. The molecule has 54 heavy (non-hydrogen) atoms. The van der Waals surface area contributed by atoms with Crippen molar-refractivity contribution in [1.82, 2.24) is 0 Å². The lowest BCUT2D eigenvalue weighted by atomic mass is 9.68. The Hall–Kier alpha value is -4.36. The Labute approximate surface area is 310 Å². The average molecular weight is 763 g/mol. The van der Waals surface area contributed by atoms with Gasteiger partial charge in [-0.25, -0.2) is 9.59 Å². The van der Waals surface area contributed by atoms with Gasteiger partial charge in [0, 0.05) is 42.7 Å². The molecule has 3 aromatic carbocycles. The molecule has 5 rings (SSSR count). The van der Waals surface area contributed by atoms with E-state index >= 15 is 0 Å². The van der Waals surface area contributed by atoms with Crippen molar-refractivity contribution in [2.24, 2.45) is 5.92 Å². The van der Waals surface area contributed by atoms with Crippen LogP contribution in [-0.2, 0) is 41.4 Å². The Morgan fingerprint density at radius 3 is 1.91 bits per heavy atom. The number of fused-ring (bicyclic) bond motifs is 3. The second kappa shape index (κ2) is 15.4. The van der Waals surface area contributed by atoms with Gasteiger partial charge in [0.1, 0.15) is 17.1 Å². The van der Waals surface area contributed by atoms with Crippen molar-refractivity contribution in [3.63, 3.8) is 0 Å². The van der Waals surface area contributed by atoms with Gasteiger partial charge in [-0.15, -0.1) is 0 Å². The molecule has 0 spiro atoms. The van der Waals surface area contributed by atoms with Gasteiger partial charge in [-0.1, -0.05) is 72.3 Å². The van der Waals surface area contributed by atoms with Crippen LogP contribution in [0.3, 0.4) is 0 Å². The largest absolute Gasteiger partial charge is 0.487 e. The van der Waals surface area contributed by atoms with Gasteiger partial charge in [0.25, 0.3) is 11.2 Å². The molecule has 1 unspecified atom stereocenters. The number of halogens is 6. The summed E-state index contributed by atoms with van der Waals surface area (Å²) >= 11 is 0. The van der Waals surface area contributed by atoms with Crippen LogP contribution >= 0.6 is 0 Å². The zero-order valence-electron chi connectivity index (χ0n) is 30.9. The van der Waals surface area contributed by atoms with Crippen molar-refractivity contribution >= 4 is 11.9 Å². The van der Waals surface area contributed by atoms with Crippen molar-refractivity contribution in [1.29, 1.82) is 0 Å². The Morgan fingerprint density at radius 2 is 1.39 bits per heavy atom. The standard InChI is InChI=1S/C41H44F6O7/c1-25-20-21-31-30(22-25)34-32(53-36(49)39(51-6,41(45,46)47)29-18-11-8-12-19-29)23-27(24-33(34)54-37(31,3)4)15-13-14-26(2)52-35(48)38(50-5,40(42,43)44)28-16-9-7-10-17-28/h7-12,16-19,22-24,26,30-31H,13-15,20-21H2,1-6H3/t26-,30?,31-,38-,39-/m1/s1. The molecule has 1 heterocycles. The molecule has 0 fully saturated rings. The fraction of sp³-hybridized carbons (Fsp3) is 0.463. The van der Waals surface area contributed by atoms with E-state index in [9.17, 15) is 35.9 Å². The van der Waals surface area contributed by atoms with E-state index in [-0.39, 0.29) is 36.8 Å². The molecule has 0 bridgehead atoms. The van der Waals surface area contributed by atoms with Crippen molar-refractivity contribution in [3.8, 4) is 11.5 Å². The van der Waals surface area contributed by atoms with Crippen LogP contribution in [0.25, 0.3) is 0 Å². The molecule has 0 radical (unpaired) electrons. The number of carbonyl (C=O) groups excluding carboxylic acids is 2. The summed E-state index contributed by atoms with van der Waals surface area (Å²) in [5, 5.41) is 0. The molecular weight excluding hydrogens is 718 g/mol. The van der Waals surface area contributed by atoms with Gasteiger partial charge in [-0.2, -0.15) is 26.3 Å². The molecule has 2 aliphatic rings. The Balaban J connectivity index is 1.46. The number of aryl methyl sites for hydroxylation is 1. The first kappa shape index (κ1) is 40.8. The number of hydrogen-bond acceptors (Lipinski definition) is 7. The summed E-state index contributed by atoms with van der Waals surface area (Å²) in [6, 6.07) is 16.2. The lowest BCUT2D eigenvalue weighted by Crippen LogP contribution is -2.53. The third-order valence-electron chi connectivity index (χ3n) is 10.4. The molecule has 1 aliphatic carbocycles. The highest BCUT2D eigenvalue weighted by Gasteiger charge is 2.65. The fourth-order valence-electron chi connectivity index (χ4n) is 7.65. The number of ether oxygens (including phenoxy) is 5. The Bertz CT molecular complexity index is 1840. The highest BCUT2D eigenvalue weighted by molar-refractivity contribution is 5.85. The van der Waals surface area contributed by atoms with Crippen molar-refractivity contribution < 1.29 is 59.6 Å². The van der Waals surface area contributed by atoms with Crippen LogP contribution < -0.4 is 9.47 Å². The minimum Gasteiger partial charge on any atom is -0.487 e. The van der Waals surface area contributed by atoms with Crippen LogP contribution in [0.2, 0.25) is 0 Å². The van der Waals surface area contributed by atoms with Crippen LogP contribution in [-0.4, -0.2) is 50.2 Å². The summed E-state index contributed by atoms with van der Waals surface area (Å²) in [4.78, 5) is 27.0. The third kappa shape index (κ3) is 7.49. The van der Waals surface area contributed by atoms with Gasteiger partial charge in [0.05, 0.1) is 6.10 Å². The smallest absolute Gasteiger partial charge is 0.432 e. The second-order valence-electron chi connectivity index (χ2n) is 14.4. The molecule has 5 atom stereocenters. The highest BCUT2D eigenvalue weighted by Crippen LogP contribution is 2.54. The van der Waals surface area contributed by atoms with Crippen LogP contribution in [0.1, 0.15) is 81.5 Å². The quantitative estimate of drug-likeness (QED) is 0.0787. The third-order valence-corrected chi connectivity index (χ3v) is 10.4. The number of hydrogen-bond donors (Lipinski definition) is 0. The number of benzene rings is 3. The molecule has 7 nitrogen and oxygen atoms in total. The minimum absolute atomic E-state index is 0.0803. The van der Waals surface area contributed by atoms with Gasteiger partial charge < -0.3 is 23.7 Å². The first-order valence-corrected chi connectivity index (χ1v) is 17.6. The summed E-state index contributed by atoms with van der Waals surface area (Å²) in [5.74, 6) is -3.52. The molecular formula is C41H44F6O7. The predicted octanol–water partition coefficient (Wildman–Crippen LogP) is 9.67. The maximum atomic E-state index is 14.9. The van der Waals surface area contributed by atoms with Crippen LogP contribution in [0.5, 0.6) is 11.5 Å². The first-order valence-electron chi connectivity index (χ1n) is 17.6. The molecule has 0 aromatic heterocycles. The van der Waals surface area contributed by atoms with Gasteiger partial charge in [-0.05, 0) is 77.5 Å². The van der Waals surface area contributed by atoms with E-state index in [0.29, 0.717) is 16.9 Å². The summed E-state index contributed by atoms with van der Waals surface area (Å²) in [6.07, 6.45) is -7.17. The van der Waals surface area contributed by atoms with E-state index in [1.54, 1.807) is 6.07 Å². The first-order chi connectivity index (χ1) is 25.3. The molecule has 0 N–H and O–H groups in total. The average Bonchev–Trinajstić information content (AvgIpc) is 3.08. The number of rotatable bonds is 12. The van der Waals surface area contributed by atoms with E-state index in [1.807, 2.05) is 26.8 Å². The minimum atomic E-state index is -5.21. The lowest BCUT2D eigenvalue weighted by Gasteiger charge is -2.46. The van der Waals surface area contributed by atoms with Crippen LogP contribution in [0, 0.1) is 5.92 Å². The summed E-state index contributed by atoms with van der Waals surface area (Å²) in [6.45, 7) is 7.28. The summed E-state index contributed by atoms with van der Waals surface area (Å²) in [7, 11) is 1.58. The Morgan fingerprint density at radius 1 is 0.852 bits per heavy atom. The van der Waals surface area contributed by atoms with E-state index < -0.39 is 58.3 Å². The van der Waals surface area contributed by atoms with Crippen molar-refractivity contribution in [2.75, 3.05) is 14.2 Å². The predicted molar refractivity (Wildman–Crippen MR) is 187 cm³/mol. The van der Waals surface area contributed by atoms with Crippen LogP contribution in [0.4, 0.5) is 26.3 Å². The van der Waals surface area contributed by atoms with Crippen LogP contribution in [0.15, 0.2) is 84.4 Å². The molecule has 0 amide bonds. The number of esters is 2. The zero-order chi connectivity index (χ0) is 39.7. The summed E-state index contributed by atoms with van der Waals surface area (Å²) in [5.41, 5.74) is -6.35. The number of carbonyl (C=O) groups is 2. The lowest BCUT2D eigenvalue weighted by molar-refractivity contribution is -0.278. The molecule has 0 saturated heterocycles. The maximum absolute atomic E-state index is 14.9. The fourth-order valence-corrected chi connectivity index (χ4v) is 7.65. The van der Waals surface area contributed by atoms with E-state index in [0.717, 1.165) is 56.9 Å². The SMILES string of the molecule is CO[C@@](C(=O)Oc1cc(CCC[C@@H](C)OC(=O)[C@](OC)(c2ccccc2)C(F)(F)F)cc2c1C1C=C(C)CC[C@H]1C(C)(C)O2)(c1ccccc1)C(F)(F)F. The van der Waals surface area contributed by atoms with E-state index in [2.05, 4.69) is 0 Å². The Kier molecular flexibility index (Phi) is 11.6. The van der Waals surface area contributed by atoms with Gasteiger partial charge >= 0.3 is 24.3 Å². The van der Waals surface area contributed by atoms with Crippen molar-refractivity contribution in [3.05, 3.63) is 107 Å². The van der Waals surface area contributed by atoms with Gasteiger partial charge in [0.2, 0.25) is 0 Å². The molecule has 0 saturated carbocycles. The molecule has 3 aromatic rings. The monoisotopic (exact) mass is 762 g/mol. The van der Waals surface area contributed by atoms with E-state index in [4.69, 9.17) is 23.7 Å². The molecule has 1 aliphatic heterocycles. The zero-order valence-corrected chi connectivity index (χ0v) is 30.9. The second-order valence-corrected chi connectivity index (χ2v) is 14.4. The normalized spacial score (nSPS) is 20.9. The van der Waals surface area contributed by atoms with Gasteiger partial charge in [-0.3, -0.25) is 0 Å². The number of allylic oxidation sites excluding steroid dienone is 2. The van der Waals surface area contributed by atoms with Crippen molar-refractivity contribution in [2.45, 2.75) is 101 Å².